The topological polar surface area (TPSA) is 109 Å². The summed E-state index contributed by atoms with van der Waals surface area (Å²) in [6.45, 7) is 4.59. The third-order valence-electron chi connectivity index (χ3n) is 3.64. The number of rotatable bonds is 6. The first-order valence-electron chi connectivity index (χ1n) is 7.75. The lowest BCUT2D eigenvalue weighted by molar-refractivity contribution is 0.463. The van der Waals surface area contributed by atoms with Crippen molar-refractivity contribution in [2.24, 2.45) is 4.99 Å². The van der Waals surface area contributed by atoms with Gasteiger partial charge in [-0.2, -0.15) is 0 Å². The number of nitrogens with zero attached hydrogens (tertiary/aromatic N) is 2. The quantitative estimate of drug-likeness (QED) is 0.321. The fourth-order valence-corrected chi connectivity index (χ4v) is 2.92. The van der Waals surface area contributed by atoms with Crippen LogP contribution in [0, 0.1) is 13.8 Å². The summed E-state index contributed by atoms with van der Waals surface area (Å²) in [4.78, 5) is 8.65. The van der Waals surface area contributed by atoms with Crippen molar-refractivity contribution in [3.8, 4) is 0 Å². The first-order chi connectivity index (χ1) is 11.9. The van der Waals surface area contributed by atoms with E-state index in [9.17, 15) is 8.42 Å². The van der Waals surface area contributed by atoms with Crippen LogP contribution in [0.15, 0.2) is 38.6 Å². The number of guanidine groups is 1. The molecule has 0 radical (unpaired) electrons. The fraction of sp³-hybridized carbons (Fsp3) is 0.375. The van der Waals surface area contributed by atoms with Crippen LogP contribution in [-0.2, 0) is 23.1 Å². The van der Waals surface area contributed by atoms with Gasteiger partial charge in [-0.3, -0.25) is 4.99 Å². The van der Waals surface area contributed by atoms with Gasteiger partial charge in [0, 0.05) is 13.6 Å². The number of nitrogens with one attached hydrogen (secondary N) is 3. The van der Waals surface area contributed by atoms with E-state index in [4.69, 9.17) is 4.42 Å². The van der Waals surface area contributed by atoms with Gasteiger partial charge >= 0.3 is 0 Å². The molecule has 0 aliphatic heterocycles. The highest BCUT2D eigenvalue weighted by molar-refractivity contribution is 14.0. The molecule has 0 saturated carbocycles. The second-order valence-corrected chi connectivity index (χ2v) is 7.27. The average Bonchev–Trinajstić information content (AvgIpc) is 2.93. The molecule has 1 aromatic heterocycles. The summed E-state index contributed by atoms with van der Waals surface area (Å²) in [5, 5.41) is 6.23. The molecular formula is C16H24IN5O3S. The standard InChI is InChI=1S/C16H23N5O3S.HI/c1-11-12(2)24-15(21-11)10-20-16(17-3)19-9-13-6-5-7-14(8-13)25(22,23)18-4;/h5-8,18H,9-10H2,1-4H3,(H2,17,19,20);1H. The molecule has 0 aliphatic carbocycles. The van der Waals surface area contributed by atoms with E-state index in [1.165, 1.54) is 7.05 Å². The summed E-state index contributed by atoms with van der Waals surface area (Å²) >= 11 is 0. The van der Waals surface area contributed by atoms with Crippen molar-refractivity contribution in [3.05, 3.63) is 47.2 Å². The van der Waals surface area contributed by atoms with Gasteiger partial charge in [-0.1, -0.05) is 12.1 Å². The van der Waals surface area contributed by atoms with Crippen LogP contribution in [0.4, 0.5) is 0 Å². The number of hydrogen-bond donors (Lipinski definition) is 3. The van der Waals surface area contributed by atoms with Crippen LogP contribution in [-0.4, -0.2) is 33.5 Å². The Morgan fingerprint density at radius 3 is 2.50 bits per heavy atom. The molecule has 0 aliphatic rings. The third-order valence-corrected chi connectivity index (χ3v) is 5.05. The molecule has 1 aromatic carbocycles. The maximum absolute atomic E-state index is 11.9. The molecule has 0 unspecified atom stereocenters. The highest BCUT2D eigenvalue weighted by atomic mass is 127. The molecule has 8 nitrogen and oxygen atoms in total. The summed E-state index contributed by atoms with van der Waals surface area (Å²) in [6.07, 6.45) is 0. The lowest BCUT2D eigenvalue weighted by atomic mass is 10.2. The molecule has 0 amide bonds. The van der Waals surface area contributed by atoms with E-state index in [1.807, 2.05) is 19.9 Å². The van der Waals surface area contributed by atoms with Crippen LogP contribution >= 0.6 is 24.0 Å². The van der Waals surface area contributed by atoms with E-state index in [-0.39, 0.29) is 28.9 Å². The van der Waals surface area contributed by atoms with Crippen molar-refractivity contribution in [3.63, 3.8) is 0 Å². The van der Waals surface area contributed by atoms with Crippen LogP contribution in [0.1, 0.15) is 22.9 Å². The van der Waals surface area contributed by atoms with E-state index < -0.39 is 10.0 Å². The Bertz CT molecular complexity index is 845. The number of aromatic nitrogens is 1. The monoisotopic (exact) mass is 493 g/mol. The van der Waals surface area contributed by atoms with E-state index in [0.717, 1.165) is 17.0 Å². The fourth-order valence-electron chi connectivity index (χ4n) is 2.12. The maximum atomic E-state index is 11.9. The van der Waals surface area contributed by atoms with Crippen LogP contribution in [0.2, 0.25) is 0 Å². The minimum absolute atomic E-state index is 0. The second-order valence-electron chi connectivity index (χ2n) is 5.38. The van der Waals surface area contributed by atoms with Gasteiger partial charge in [-0.25, -0.2) is 18.1 Å². The zero-order valence-corrected chi connectivity index (χ0v) is 18.3. The number of aliphatic imine (C=N–C) groups is 1. The Labute approximate surface area is 171 Å². The highest BCUT2D eigenvalue weighted by Crippen LogP contribution is 2.11. The minimum Gasteiger partial charge on any atom is -0.444 e. The van der Waals surface area contributed by atoms with Crippen LogP contribution in [0.5, 0.6) is 0 Å². The Kier molecular flexibility index (Phi) is 8.50. The third kappa shape index (κ3) is 5.95. The molecule has 0 bridgehead atoms. The van der Waals surface area contributed by atoms with Gasteiger partial charge in [0.1, 0.15) is 5.76 Å². The Hall–Kier alpha value is -1.66. The molecule has 0 atom stereocenters. The van der Waals surface area contributed by atoms with E-state index in [2.05, 4.69) is 25.3 Å². The molecular weight excluding hydrogens is 469 g/mol. The molecule has 1 heterocycles. The lowest BCUT2D eigenvalue weighted by Gasteiger charge is -2.11. The summed E-state index contributed by atoms with van der Waals surface area (Å²) in [5.41, 5.74) is 1.68. The number of hydrogen-bond acceptors (Lipinski definition) is 5. The average molecular weight is 493 g/mol. The molecule has 3 N–H and O–H groups in total. The number of aryl methyl sites for hydroxylation is 2. The maximum Gasteiger partial charge on any atom is 0.240 e. The van der Waals surface area contributed by atoms with E-state index >= 15 is 0 Å². The molecule has 0 fully saturated rings. The van der Waals surface area contributed by atoms with Crippen molar-refractivity contribution in [2.75, 3.05) is 14.1 Å². The second kappa shape index (κ2) is 9.88. The van der Waals surface area contributed by atoms with Crippen LogP contribution in [0.3, 0.4) is 0 Å². The molecule has 0 saturated heterocycles. The minimum atomic E-state index is -3.46. The van der Waals surface area contributed by atoms with Gasteiger partial charge in [0.2, 0.25) is 15.9 Å². The lowest BCUT2D eigenvalue weighted by Crippen LogP contribution is -2.36. The molecule has 2 aromatic rings. The van der Waals surface area contributed by atoms with Crippen molar-refractivity contribution < 1.29 is 12.8 Å². The van der Waals surface area contributed by atoms with Gasteiger partial charge in [-0.15, -0.1) is 24.0 Å². The van der Waals surface area contributed by atoms with Gasteiger partial charge in [-0.05, 0) is 38.6 Å². The molecule has 26 heavy (non-hydrogen) atoms. The first-order valence-corrected chi connectivity index (χ1v) is 9.24. The molecule has 0 spiro atoms. The highest BCUT2D eigenvalue weighted by Gasteiger charge is 2.11. The smallest absolute Gasteiger partial charge is 0.240 e. The Morgan fingerprint density at radius 1 is 1.23 bits per heavy atom. The van der Waals surface area contributed by atoms with Gasteiger partial charge < -0.3 is 15.1 Å². The van der Waals surface area contributed by atoms with Crippen molar-refractivity contribution in [2.45, 2.75) is 31.8 Å². The zero-order valence-electron chi connectivity index (χ0n) is 15.2. The summed E-state index contributed by atoms with van der Waals surface area (Å²) in [7, 11) is -0.414. The number of oxazole rings is 1. The van der Waals surface area contributed by atoms with E-state index in [1.54, 1.807) is 25.2 Å². The van der Waals surface area contributed by atoms with Gasteiger partial charge in [0.05, 0.1) is 17.1 Å². The molecule has 2 rings (SSSR count). The Balaban J connectivity index is 0.00000338. The number of benzene rings is 1. The summed E-state index contributed by atoms with van der Waals surface area (Å²) < 4.78 is 31.5. The summed E-state index contributed by atoms with van der Waals surface area (Å²) in [6, 6.07) is 6.72. The van der Waals surface area contributed by atoms with Crippen molar-refractivity contribution in [1.82, 2.24) is 20.3 Å². The number of halogens is 1. The van der Waals surface area contributed by atoms with Crippen molar-refractivity contribution >= 4 is 40.0 Å². The predicted octanol–water partition coefficient (Wildman–Crippen LogP) is 1.68. The van der Waals surface area contributed by atoms with E-state index in [0.29, 0.717) is 24.9 Å². The number of sulfonamides is 1. The first kappa shape index (κ1) is 22.4. The van der Waals surface area contributed by atoms with Crippen LogP contribution < -0.4 is 15.4 Å². The van der Waals surface area contributed by atoms with Crippen molar-refractivity contribution in [1.29, 1.82) is 0 Å². The summed E-state index contributed by atoms with van der Waals surface area (Å²) in [5.74, 6) is 1.94. The van der Waals surface area contributed by atoms with Gasteiger partial charge in [0.15, 0.2) is 5.96 Å². The largest absolute Gasteiger partial charge is 0.444 e. The normalized spacial score (nSPS) is 11.8. The SMILES string of the molecule is CN=C(NCc1cccc(S(=O)(=O)NC)c1)NCc1nc(C)c(C)o1.I. The molecule has 10 heteroatoms. The predicted molar refractivity (Wildman–Crippen MR) is 111 cm³/mol. The zero-order chi connectivity index (χ0) is 18.4. The van der Waals surface area contributed by atoms with Crippen LogP contribution in [0.25, 0.3) is 0 Å². The molecule has 144 valence electrons. The van der Waals surface area contributed by atoms with Gasteiger partial charge in [0.25, 0.3) is 0 Å². The Morgan fingerprint density at radius 2 is 1.92 bits per heavy atom.